The first-order valence-corrected chi connectivity index (χ1v) is 8.01. The van der Waals surface area contributed by atoms with E-state index in [-0.39, 0.29) is 16.5 Å². The molecule has 0 bridgehead atoms. The third-order valence-electron chi connectivity index (χ3n) is 2.94. The maximum absolute atomic E-state index is 12.8. The van der Waals surface area contributed by atoms with Gasteiger partial charge in [-0.05, 0) is 29.8 Å². The Morgan fingerprint density at radius 2 is 1.67 bits per heavy atom. The zero-order valence-corrected chi connectivity index (χ0v) is 12.7. The maximum Gasteiger partial charge on any atom is 0.433 e. The molecular formula is C13H9F6NO3S. The largest absolute Gasteiger partial charge is 0.433 e. The van der Waals surface area contributed by atoms with E-state index in [0.29, 0.717) is 24.5 Å². The lowest BCUT2D eigenvalue weighted by atomic mass is 10.0. The van der Waals surface area contributed by atoms with Crippen molar-refractivity contribution in [2.75, 3.05) is 6.26 Å². The van der Waals surface area contributed by atoms with Gasteiger partial charge in [0.2, 0.25) is 0 Å². The Labute approximate surface area is 132 Å². The Morgan fingerprint density at radius 1 is 1.04 bits per heavy atom. The molecule has 1 heterocycles. The summed E-state index contributed by atoms with van der Waals surface area (Å²) in [5.74, 6) is 0. The van der Waals surface area contributed by atoms with Crippen molar-refractivity contribution >= 4 is 21.0 Å². The predicted octanol–water partition coefficient (Wildman–Crippen LogP) is 3.75. The lowest BCUT2D eigenvalue weighted by molar-refractivity contribution is -0.141. The van der Waals surface area contributed by atoms with Gasteiger partial charge in [0.05, 0.1) is 23.9 Å². The van der Waals surface area contributed by atoms with Crippen LogP contribution in [0.1, 0.15) is 16.8 Å². The van der Waals surface area contributed by atoms with Crippen molar-refractivity contribution in [3.05, 3.63) is 41.1 Å². The van der Waals surface area contributed by atoms with E-state index in [1.807, 2.05) is 0 Å². The average molecular weight is 373 g/mol. The third kappa shape index (κ3) is 4.35. The number of hydrogen-bond donors (Lipinski definition) is 0. The van der Waals surface area contributed by atoms with Gasteiger partial charge in [0.15, 0.2) is 0 Å². The van der Waals surface area contributed by atoms with Gasteiger partial charge in [-0.3, -0.25) is 4.18 Å². The minimum absolute atomic E-state index is 0.276. The Kier molecular flexibility index (Phi) is 4.53. The number of benzene rings is 1. The lowest BCUT2D eigenvalue weighted by Gasteiger charge is -2.13. The van der Waals surface area contributed by atoms with Crippen molar-refractivity contribution in [1.29, 1.82) is 0 Å². The molecule has 2 rings (SSSR count). The molecule has 1 aromatic heterocycles. The summed E-state index contributed by atoms with van der Waals surface area (Å²) in [7, 11) is -4.00. The summed E-state index contributed by atoms with van der Waals surface area (Å²) in [6, 6.07) is 2.45. The molecule has 24 heavy (non-hydrogen) atoms. The van der Waals surface area contributed by atoms with Crippen LogP contribution in [0.25, 0.3) is 10.9 Å². The molecule has 0 fully saturated rings. The number of fused-ring (bicyclic) bond motifs is 1. The van der Waals surface area contributed by atoms with Crippen molar-refractivity contribution in [3.8, 4) is 0 Å². The molecule has 0 saturated heterocycles. The quantitative estimate of drug-likeness (QED) is 0.608. The van der Waals surface area contributed by atoms with Crippen molar-refractivity contribution in [2.45, 2.75) is 19.0 Å². The molecule has 4 nitrogen and oxygen atoms in total. The number of rotatable bonds is 3. The van der Waals surface area contributed by atoms with Gasteiger partial charge >= 0.3 is 12.4 Å². The topological polar surface area (TPSA) is 56.3 Å². The molecule has 1 aromatic carbocycles. The van der Waals surface area contributed by atoms with Crippen LogP contribution in [0, 0.1) is 0 Å². The second-order valence-electron chi connectivity index (χ2n) is 4.86. The van der Waals surface area contributed by atoms with Gasteiger partial charge in [-0.1, -0.05) is 0 Å². The van der Waals surface area contributed by atoms with Crippen molar-refractivity contribution in [1.82, 2.24) is 4.98 Å². The zero-order chi connectivity index (χ0) is 18.3. The van der Waals surface area contributed by atoms with Crippen LogP contribution in [-0.4, -0.2) is 19.7 Å². The van der Waals surface area contributed by atoms with E-state index in [4.69, 9.17) is 0 Å². The summed E-state index contributed by atoms with van der Waals surface area (Å²) in [6.07, 6.45) is -8.90. The van der Waals surface area contributed by atoms with E-state index < -0.39 is 40.3 Å². The van der Waals surface area contributed by atoms with Crippen LogP contribution in [0.3, 0.4) is 0 Å². The summed E-state index contributed by atoms with van der Waals surface area (Å²) in [4.78, 5) is 3.28. The van der Waals surface area contributed by atoms with Crippen LogP contribution in [0.15, 0.2) is 24.3 Å². The molecule has 0 atom stereocenters. The maximum atomic E-state index is 12.8. The normalized spacial score (nSPS) is 13.5. The van der Waals surface area contributed by atoms with Gasteiger partial charge in [0, 0.05) is 5.39 Å². The van der Waals surface area contributed by atoms with Gasteiger partial charge < -0.3 is 0 Å². The fraction of sp³-hybridized carbons (Fsp3) is 0.308. The Hall–Kier alpha value is -1.88. The average Bonchev–Trinajstić information content (AvgIpc) is 2.41. The van der Waals surface area contributed by atoms with Gasteiger partial charge in [-0.2, -0.15) is 34.8 Å². The van der Waals surface area contributed by atoms with Crippen LogP contribution in [0.5, 0.6) is 0 Å². The van der Waals surface area contributed by atoms with Crippen LogP contribution in [-0.2, 0) is 33.3 Å². The highest BCUT2D eigenvalue weighted by Crippen LogP contribution is 2.35. The molecular weight excluding hydrogens is 364 g/mol. The Bertz CT molecular complexity index is 874. The van der Waals surface area contributed by atoms with Crippen molar-refractivity contribution < 1.29 is 38.9 Å². The second-order valence-corrected chi connectivity index (χ2v) is 6.50. The first kappa shape index (κ1) is 18.5. The van der Waals surface area contributed by atoms with Crippen molar-refractivity contribution in [2.24, 2.45) is 0 Å². The minimum Gasteiger partial charge on any atom is -0.265 e. The number of alkyl halides is 6. The fourth-order valence-corrected chi connectivity index (χ4v) is 2.25. The zero-order valence-electron chi connectivity index (χ0n) is 11.9. The standard InChI is InChI=1S/C13H9F6NO3S/c1-24(21,22)23-6-7-4-11(13(17,18)19)20-10-3-2-8(5-9(7)10)12(14,15)16/h2-5H,6H2,1H3. The molecule has 2 aromatic rings. The first-order chi connectivity index (χ1) is 10.8. The molecule has 0 aliphatic rings. The predicted molar refractivity (Wildman–Crippen MR) is 71.4 cm³/mol. The van der Waals surface area contributed by atoms with E-state index in [0.717, 1.165) is 6.07 Å². The van der Waals surface area contributed by atoms with Gasteiger partial charge in [-0.25, -0.2) is 4.98 Å². The number of halogens is 6. The summed E-state index contributed by atoms with van der Waals surface area (Å²) in [6.45, 7) is -0.845. The minimum atomic E-state index is -4.85. The van der Waals surface area contributed by atoms with E-state index in [9.17, 15) is 34.8 Å². The highest BCUT2D eigenvalue weighted by Gasteiger charge is 2.34. The van der Waals surface area contributed by atoms with Crippen LogP contribution < -0.4 is 0 Å². The van der Waals surface area contributed by atoms with E-state index >= 15 is 0 Å². The molecule has 132 valence electrons. The number of aromatic nitrogens is 1. The molecule has 0 spiro atoms. The summed E-state index contributed by atoms with van der Waals surface area (Å²) >= 11 is 0. The van der Waals surface area contributed by atoms with Crippen LogP contribution in [0.4, 0.5) is 26.3 Å². The third-order valence-corrected chi connectivity index (χ3v) is 3.49. The molecule has 0 saturated carbocycles. The summed E-state index contributed by atoms with van der Waals surface area (Å²) in [5.41, 5.74) is -3.19. The van der Waals surface area contributed by atoms with Crippen LogP contribution >= 0.6 is 0 Å². The first-order valence-electron chi connectivity index (χ1n) is 6.20. The summed E-state index contributed by atoms with van der Waals surface area (Å²) < 4.78 is 103. The molecule has 0 N–H and O–H groups in total. The van der Waals surface area contributed by atoms with E-state index in [1.165, 1.54) is 0 Å². The second kappa shape index (κ2) is 5.88. The highest BCUT2D eigenvalue weighted by molar-refractivity contribution is 7.85. The molecule has 11 heteroatoms. The Morgan fingerprint density at radius 3 is 2.17 bits per heavy atom. The van der Waals surface area contributed by atoms with E-state index in [1.54, 1.807) is 0 Å². The van der Waals surface area contributed by atoms with Gasteiger partial charge in [0.25, 0.3) is 10.1 Å². The monoisotopic (exact) mass is 373 g/mol. The lowest BCUT2D eigenvalue weighted by Crippen LogP contribution is -2.11. The molecule has 0 unspecified atom stereocenters. The fourth-order valence-electron chi connectivity index (χ4n) is 1.91. The number of pyridine rings is 1. The molecule has 0 radical (unpaired) electrons. The van der Waals surface area contributed by atoms with Gasteiger partial charge in [0.1, 0.15) is 5.69 Å². The van der Waals surface area contributed by atoms with Crippen molar-refractivity contribution in [3.63, 3.8) is 0 Å². The number of nitrogens with zero attached hydrogens (tertiary/aromatic N) is 1. The molecule has 0 amide bonds. The molecule has 0 aliphatic carbocycles. The van der Waals surface area contributed by atoms with E-state index in [2.05, 4.69) is 9.17 Å². The SMILES string of the molecule is CS(=O)(=O)OCc1cc(C(F)(F)F)nc2ccc(C(F)(F)F)cc12. The molecule has 0 aliphatic heterocycles. The highest BCUT2D eigenvalue weighted by atomic mass is 32.2. The van der Waals surface area contributed by atoms with Crippen LogP contribution in [0.2, 0.25) is 0 Å². The number of hydrogen-bond acceptors (Lipinski definition) is 4. The Balaban J connectivity index is 2.67. The summed E-state index contributed by atoms with van der Waals surface area (Å²) in [5, 5.41) is -0.276. The van der Waals surface area contributed by atoms with Gasteiger partial charge in [-0.15, -0.1) is 0 Å². The smallest absolute Gasteiger partial charge is 0.265 e.